The summed E-state index contributed by atoms with van der Waals surface area (Å²) in [6.45, 7) is 5.75. The van der Waals surface area contributed by atoms with Crippen LogP contribution in [0.1, 0.15) is 53.6 Å². The van der Waals surface area contributed by atoms with E-state index < -0.39 is 0 Å². The van der Waals surface area contributed by atoms with E-state index in [0.717, 1.165) is 23.4 Å². The lowest BCUT2D eigenvalue weighted by Gasteiger charge is -2.28. The third-order valence-corrected chi connectivity index (χ3v) is 3.97. The summed E-state index contributed by atoms with van der Waals surface area (Å²) < 4.78 is 1.82. The molecule has 1 aliphatic carbocycles. The van der Waals surface area contributed by atoms with Crippen LogP contribution in [-0.2, 0) is 6.42 Å². The molecule has 1 heterocycles. The molecule has 3 rings (SSSR count). The lowest BCUT2D eigenvalue weighted by atomic mass is 9.76. The first-order valence-electron chi connectivity index (χ1n) is 7.09. The minimum absolute atomic E-state index is 0.0405. The molecule has 1 aromatic carbocycles. The Bertz CT molecular complexity index is 724. The molecule has 0 N–H and O–H groups in total. The predicted octanol–water partition coefficient (Wildman–Crippen LogP) is 3.23. The lowest BCUT2D eigenvalue weighted by molar-refractivity contribution is 0.0910. The molecule has 0 saturated heterocycles. The average Bonchev–Trinajstić information content (AvgIpc) is 2.81. The highest BCUT2D eigenvalue weighted by atomic mass is 16.1. The molecule has 0 atom stereocenters. The summed E-state index contributed by atoms with van der Waals surface area (Å²) in [5.41, 5.74) is 3.21. The van der Waals surface area contributed by atoms with Crippen molar-refractivity contribution in [2.24, 2.45) is 5.41 Å². The monoisotopic (exact) mass is 282 g/mol. The Labute approximate surface area is 123 Å². The molecule has 0 unspecified atom stereocenters. The first kappa shape index (κ1) is 13.7. The second-order valence-corrected chi connectivity index (χ2v) is 6.46. The average molecular weight is 282 g/mol. The zero-order chi connectivity index (χ0) is 15.2. The van der Waals surface area contributed by atoms with Gasteiger partial charge in [-0.05, 0) is 43.0 Å². The number of hydrogen-bond donors (Lipinski definition) is 0. The van der Waals surface area contributed by atoms with Crippen molar-refractivity contribution < 1.29 is 9.59 Å². The highest BCUT2D eigenvalue weighted by Gasteiger charge is 2.33. The largest absolute Gasteiger partial charge is 0.295 e. The van der Waals surface area contributed by atoms with Gasteiger partial charge in [0.1, 0.15) is 0 Å². The van der Waals surface area contributed by atoms with Gasteiger partial charge in [-0.1, -0.05) is 13.8 Å². The van der Waals surface area contributed by atoms with Gasteiger partial charge in [0.2, 0.25) is 0 Å². The van der Waals surface area contributed by atoms with E-state index in [1.165, 1.54) is 0 Å². The molecule has 0 bridgehead atoms. The van der Waals surface area contributed by atoms with E-state index in [1.807, 2.05) is 16.8 Å². The van der Waals surface area contributed by atoms with Crippen LogP contribution in [0.15, 0.2) is 30.5 Å². The SMILES string of the molecule is CC(=O)c1ccc(-n2ncc3c2CC(C)(C)CC3=O)cc1. The van der Waals surface area contributed by atoms with Gasteiger partial charge in [0, 0.05) is 12.0 Å². The summed E-state index contributed by atoms with van der Waals surface area (Å²) >= 11 is 0. The highest BCUT2D eigenvalue weighted by Crippen LogP contribution is 2.35. The van der Waals surface area contributed by atoms with Gasteiger partial charge in [0.15, 0.2) is 11.6 Å². The molecule has 1 aromatic heterocycles. The van der Waals surface area contributed by atoms with Crippen LogP contribution in [0, 0.1) is 5.41 Å². The maximum atomic E-state index is 12.2. The van der Waals surface area contributed by atoms with Crippen LogP contribution in [0.2, 0.25) is 0 Å². The number of aromatic nitrogens is 2. The first-order chi connectivity index (χ1) is 9.87. The Morgan fingerprint density at radius 1 is 1.19 bits per heavy atom. The lowest BCUT2D eigenvalue weighted by Crippen LogP contribution is -2.27. The van der Waals surface area contributed by atoms with E-state index in [4.69, 9.17) is 0 Å². The summed E-state index contributed by atoms with van der Waals surface area (Å²) in [4.78, 5) is 23.5. The summed E-state index contributed by atoms with van der Waals surface area (Å²) in [6, 6.07) is 7.33. The molecule has 2 aromatic rings. The number of carbonyl (C=O) groups is 2. The number of nitrogens with zero attached hydrogens (tertiary/aromatic N) is 2. The number of rotatable bonds is 2. The molecule has 0 aliphatic heterocycles. The fourth-order valence-corrected chi connectivity index (χ4v) is 2.88. The molecular formula is C17H18N2O2. The normalized spacial score (nSPS) is 16.6. The quantitative estimate of drug-likeness (QED) is 0.795. The van der Waals surface area contributed by atoms with Crippen LogP contribution >= 0.6 is 0 Å². The van der Waals surface area contributed by atoms with Crippen molar-refractivity contribution in [2.45, 2.75) is 33.6 Å². The van der Waals surface area contributed by atoms with Crippen molar-refractivity contribution in [2.75, 3.05) is 0 Å². The summed E-state index contributed by atoms with van der Waals surface area (Å²) in [6.07, 6.45) is 3.04. The van der Waals surface area contributed by atoms with Crippen molar-refractivity contribution in [3.05, 3.63) is 47.3 Å². The molecule has 4 heteroatoms. The Morgan fingerprint density at radius 3 is 2.48 bits per heavy atom. The number of ketones is 2. The Morgan fingerprint density at radius 2 is 1.86 bits per heavy atom. The molecule has 1 aliphatic rings. The number of hydrogen-bond acceptors (Lipinski definition) is 3. The fourth-order valence-electron chi connectivity index (χ4n) is 2.88. The van der Waals surface area contributed by atoms with Gasteiger partial charge in [0.25, 0.3) is 0 Å². The molecule has 0 amide bonds. The Kier molecular flexibility index (Phi) is 3.04. The first-order valence-corrected chi connectivity index (χ1v) is 7.09. The predicted molar refractivity (Wildman–Crippen MR) is 80.0 cm³/mol. The molecule has 0 spiro atoms. The number of carbonyl (C=O) groups excluding carboxylic acids is 2. The molecule has 21 heavy (non-hydrogen) atoms. The van der Waals surface area contributed by atoms with Crippen molar-refractivity contribution in [1.82, 2.24) is 9.78 Å². The Hall–Kier alpha value is -2.23. The van der Waals surface area contributed by atoms with Crippen LogP contribution in [0.25, 0.3) is 5.69 Å². The second-order valence-electron chi connectivity index (χ2n) is 6.46. The second kappa shape index (κ2) is 4.65. The zero-order valence-corrected chi connectivity index (χ0v) is 12.5. The van der Waals surface area contributed by atoms with Crippen LogP contribution in [0.3, 0.4) is 0 Å². The highest BCUT2D eigenvalue weighted by molar-refractivity contribution is 5.98. The van der Waals surface area contributed by atoms with Crippen molar-refractivity contribution in [3.63, 3.8) is 0 Å². The Balaban J connectivity index is 2.05. The number of benzene rings is 1. The minimum atomic E-state index is -0.0405. The molecule has 0 radical (unpaired) electrons. The minimum Gasteiger partial charge on any atom is -0.295 e. The number of fused-ring (bicyclic) bond motifs is 1. The topological polar surface area (TPSA) is 52.0 Å². The standard InChI is InChI=1S/C17H18N2O2/c1-11(20)12-4-6-13(7-5-12)19-15-8-17(2,3)9-16(21)14(15)10-18-19/h4-7,10H,8-9H2,1-3H3. The van der Waals surface area contributed by atoms with Crippen molar-refractivity contribution in [3.8, 4) is 5.69 Å². The van der Waals surface area contributed by atoms with E-state index in [-0.39, 0.29) is 17.0 Å². The third kappa shape index (κ3) is 2.42. The van der Waals surface area contributed by atoms with Crippen LogP contribution < -0.4 is 0 Å². The van der Waals surface area contributed by atoms with Crippen LogP contribution in [-0.4, -0.2) is 21.3 Å². The molecule has 4 nitrogen and oxygen atoms in total. The maximum absolute atomic E-state index is 12.2. The van der Waals surface area contributed by atoms with Gasteiger partial charge in [-0.2, -0.15) is 5.10 Å². The van der Waals surface area contributed by atoms with E-state index in [0.29, 0.717) is 12.0 Å². The van der Waals surface area contributed by atoms with Gasteiger partial charge < -0.3 is 0 Å². The maximum Gasteiger partial charge on any atom is 0.166 e. The van der Waals surface area contributed by atoms with Gasteiger partial charge in [-0.15, -0.1) is 0 Å². The molecular weight excluding hydrogens is 264 g/mol. The molecule has 0 fully saturated rings. The van der Waals surface area contributed by atoms with E-state index >= 15 is 0 Å². The zero-order valence-electron chi connectivity index (χ0n) is 12.5. The smallest absolute Gasteiger partial charge is 0.166 e. The fraction of sp³-hybridized carbons (Fsp3) is 0.353. The molecule has 108 valence electrons. The summed E-state index contributed by atoms with van der Waals surface area (Å²) in [7, 11) is 0. The van der Waals surface area contributed by atoms with Crippen molar-refractivity contribution in [1.29, 1.82) is 0 Å². The number of Topliss-reactive ketones (excluding diaryl/α,β-unsaturated/α-hetero) is 2. The van der Waals surface area contributed by atoms with Gasteiger partial charge in [0.05, 0.1) is 23.1 Å². The van der Waals surface area contributed by atoms with E-state index in [1.54, 1.807) is 25.3 Å². The molecule has 0 saturated carbocycles. The summed E-state index contributed by atoms with van der Waals surface area (Å²) in [5.74, 6) is 0.202. The van der Waals surface area contributed by atoms with Gasteiger partial charge in [-0.3, -0.25) is 9.59 Å². The van der Waals surface area contributed by atoms with Gasteiger partial charge in [-0.25, -0.2) is 4.68 Å². The van der Waals surface area contributed by atoms with Crippen LogP contribution in [0.5, 0.6) is 0 Å². The van der Waals surface area contributed by atoms with E-state index in [2.05, 4.69) is 18.9 Å². The third-order valence-electron chi connectivity index (χ3n) is 3.97. The summed E-state index contributed by atoms with van der Waals surface area (Å²) in [5, 5.41) is 4.37. The van der Waals surface area contributed by atoms with Crippen molar-refractivity contribution >= 4 is 11.6 Å². The van der Waals surface area contributed by atoms with Crippen LogP contribution in [0.4, 0.5) is 0 Å². The van der Waals surface area contributed by atoms with E-state index in [9.17, 15) is 9.59 Å². The van der Waals surface area contributed by atoms with Gasteiger partial charge >= 0.3 is 0 Å².